The van der Waals surface area contributed by atoms with Gasteiger partial charge >= 0.3 is 5.97 Å². The highest BCUT2D eigenvalue weighted by Gasteiger charge is 2.07. The Morgan fingerprint density at radius 2 is 2.26 bits per heavy atom. The summed E-state index contributed by atoms with van der Waals surface area (Å²) >= 11 is 0. The van der Waals surface area contributed by atoms with E-state index in [1.165, 1.54) is 18.6 Å². The van der Waals surface area contributed by atoms with Crippen molar-refractivity contribution in [1.29, 1.82) is 0 Å². The van der Waals surface area contributed by atoms with Crippen molar-refractivity contribution in [1.82, 2.24) is 9.97 Å². The summed E-state index contributed by atoms with van der Waals surface area (Å²) in [6.07, 6.45) is 2.81. The monoisotopic (exact) mass is 261 g/mol. The summed E-state index contributed by atoms with van der Waals surface area (Å²) in [6.45, 7) is -0.433. The van der Waals surface area contributed by atoms with E-state index >= 15 is 0 Å². The maximum absolute atomic E-state index is 11.7. The largest absolute Gasteiger partial charge is 0.482 e. The van der Waals surface area contributed by atoms with E-state index in [4.69, 9.17) is 9.84 Å². The maximum atomic E-state index is 11.7. The number of amides is 1. The molecule has 0 saturated carbocycles. The maximum Gasteiger partial charge on any atom is 0.341 e. The van der Waals surface area contributed by atoms with Crippen LogP contribution in [-0.4, -0.2) is 33.6 Å². The molecule has 0 saturated heterocycles. The lowest BCUT2D eigenvalue weighted by Crippen LogP contribution is -2.13. The predicted molar refractivity (Wildman–Crippen MR) is 66.1 cm³/mol. The van der Waals surface area contributed by atoms with Gasteiger partial charge in [-0.05, 0) is 12.1 Å². The molecule has 1 aromatic heterocycles. The summed E-state index contributed by atoms with van der Waals surface area (Å²) in [4.78, 5) is 28.5. The van der Waals surface area contributed by atoms with Crippen molar-refractivity contribution in [3.8, 4) is 5.75 Å². The number of benzene rings is 1. The number of ether oxygens (including phenoxy) is 1. The molecule has 0 bridgehead atoms. The van der Waals surface area contributed by atoms with Crippen molar-refractivity contribution in [3.05, 3.63) is 42.5 Å². The molecule has 98 valence electrons. The zero-order chi connectivity index (χ0) is 13.7. The molecule has 0 fully saturated rings. The van der Waals surface area contributed by atoms with E-state index in [-0.39, 0.29) is 5.91 Å². The molecule has 1 aromatic carbocycles. The number of anilines is 1. The van der Waals surface area contributed by atoms with Crippen LogP contribution in [0.1, 0.15) is 10.5 Å². The topological polar surface area (TPSA) is 104 Å². The van der Waals surface area contributed by atoms with Gasteiger partial charge in [0, 0.05) is 11.8 Å². The number of nitrogens with one attached hydrogen (secondary N) is 2. The molecule has 7 nitrogen and oxygen atoms in total. The Bertz CT molecular complexity index is 580. The molecule has 1 amide bonds. The Labute approximate surface area is 108 Å². The minimum atomic E-state index is -1.06. The lowest BCUT2D eigenvalue weighted by molar-refractivity contribution is -0.139. The lowest BCUT2D eigenvalue weighted by atomic mass is 10.3. The van der Waals surface area contributed by atoms with E-state index < -0.39 is 12.6 Å². The van der Waals surface area contributed by atoms with Gasteiger partial charge in [0.1, 0.15) is 11.4 Å². The van der Waals surface area contributed by atoms with Crippen LogP contribution in [0, 0.1) is 0 Å². The number of carbonyl (C=O) groups is 2. The third-order valence-electron chi connectivity index (χ3n) is 2.20. The van der Waals surface area contributed by atoms with Crippen LogP contribution in [0.4, 0.5) is 5.69 Å². The number of nitrogens with zero attached hydrogens (tertiary/aromatic N) is 1. The number of imidazole rings is 1. The second kappa shape index (κ2) is 5.67. The first-order chi connectivity index (χ1) is 9.15. The number of carboxylic acid groups (broad SMARTS) is 1. The van der Waals surface area contributed by atoms with E-state index in [9.17, 15) is 9.59 Å². The van der Waals surface area contributed by atoms with Gasteiger partial charge in [0.2, 0.25) is 0 Å². The second-order valence-corrected chi connectivity index (χ2v) is 3.63. The molecule has 1 heterocycles. The van der Waals surface area contributed by atoms with Gasteiger partial charge in [-0.15, -0.1) is 0 Å². The molecule has 0 atom stereocenters. The average molecular weight is 261 g/mol. The molecule has 0 aliphatic carbocycles. The SMILES string of the molecule is O=C(O)COc1cccc(NC(=O)c2cnc[nH]2)c1. The summed E-state index contributed by atoms with van der Waals surface area (Å²) in [7, 11) is 0. The summed E-state index contributed by atoms with van der Waals surface area (Å²) in [6, 6.07) is 6.47. The Hall–Kier alpha value is -2.83. The van der Waals surface area contributed by atoms with E-state index in [1.54, 1.807) is 18.2 Å². The Balaban J connectivity index is 2.02. The third kappa shape index (κ3) is 3.56. The van der Waals surface area contributed by atoms with Crippen LogP contribution in [0.15, 0.2) is 36.8 Å². The van der Waals surface area contributed by atoms with Gasteiger partial charge in [0.05, 0.1) is 12.5 Å². The van der Waals surface area contributed by atoms with Crippen LogP contribution in [-0.2, 0) is 4.79 Å². The molecule has 3 N–H and O–H groups in total. The molecule has 2 aromatic rings. The quantitative estimate of drug-likeness (QED) is 0.748. The molecule has 19 heavy (non-hydrogen) atoms. The molecule has 0 radical (unpaired) electrons. The fourth-order valence-corrected chi connectivity index (χ4v) is 1.39. The smallest absolute Gasteiger partial charge is 0.341 e. The highest BCUT2D eigenvalue weighted by atomic mass is 16.5. The lowest BCUT2D eigenvalue weighted by Gasteiger charge is -2.07. The second-order valence-electron chi connectivity index (χ2n) is 3.63. The minimum absolute atomic E-state index is 0.330. The van der Waals surface area contributed by atoms with E-state index in [0.717, 1.165) is 0 Å². The standard InChI is InChI=1S/C12H11N3O4/c16-11(17)6-19-9-3-1-2-8(4-9)15-12(18)10-5-13-7-14-10/h1-5,7H,6H2,(H,13,14)(H,15,18)(H,16,17). The van der Waals surface area contributed by atoms with Gasteiger partial charge in [-0.2, -0.15) is 0 Å². The number of aromatic nitrogens is 2. The number of carbonyl (C=O) groups excluding carboxylic acids is 1. The van der Waals surface area contributed by atoms with Crippen LogP contribution < -0.4 is 10.1 Å². The number of H-pyrrole nitrogens is 1. The summed E-state index contributed by atoms with van der Waals surface area (Å²) in [5, 5.41) is 11.1. The van der Waals surface area contributed by atoms with Gasteiger partial charge in [0.25, 0.3) is 5.91 Å². The Kier molecular flexibility index (Phi) is 3.77. The Morgan fingerprint density at radius 1 is 1.42 bits per heavy atom. The van der Waals surface area contributed by atoms with Crippen LogP contribution in [0.2, 0.25) is 0 Å². The van der Waals surface area contributed by atoms with Gasteiger partial charge in [0.15, 0.2) is 6.61 Å². The first-order valence-corrected chi connectivity index (χ1v) is 5.39. The summed E-state index contributed by atoms with van der Waals surface area (Å²) in [5.41, 5.74) is 0.833. The molecule has 0 aliphatic rings. The van der Waals surface area contributed by atoms with Crippen LogP contribution in [0.25, 0.3) is 0 Å². The van der Waals surface area contributed by atoms with Gasteiger partial charge in [-0.1, -0.05) is 6.07 Å². The van der Waals surface area contributed by atoms with Crippen molar-refractivity contribution >= 4 is 17.6 Å². The molecule has 0 unspecified atom stereocenters. The van der Waals surface area contributed by atoms with Gasteiger partial charge < -0.3 is 20.1 Å². The fourth-order valence-electron chi connectivity index (χ4n) is 1.39. The summed E-state index contributed by atoms with van der Waals surface area (Å²) in [5.74, 6) is -1.04. The molecule has 0 aliphatic heterocycles. The number of aliphatic carboxylic acids is 1. The van der Waals surface area contributed by atoms with Crippen molar-refractivity contribution in [2.75, 3.05) is 11.9 Å². The highest BCUT2D eigenvalue weighted by Crippen LogP contribution is 2.17. The molecule has 7 heteroatoms. The molecule has 0 spiro atoms. The normalized spacial score (nSPS) is 9.89. The number of carboxylic acids is 1. The average Bonchev–Trinajstić information content (AvgIpc) is 2.91. The highest BCUT2D eigenvalue weighted by molar-refractivity contribution is 6.02. The number of aromatic amines is 1. The zero-order valence-electron chi connectivity index (χ0n) is 9.79. The van der Waals surface area contributed by atoms with Crippen LogP contribution in [0.5, 0.6) is 5.75 Å². The molecular formula is C12H11N3O4. The minimum Gasteiger partial charge on any atom is -0.482 e. The van der Waals surface area contributed by atoms with Crippen molar-refractivity contribution in [2.24, 2.45) is 0 Å². The number of rotatable bonds is 5. The predicted octanol–water partition coefficient (Wildman–Crippen LogP) is 1.13. The number of hydrogen-bond donors (Lipinski definition) is 3. The van der Waals surface area contributed by atoms with Crippen molar-refractivity contribution in [2.45, 2.75) is 0 Å². The number of hydrogen-bond acceptors (Lipinski definition) is 4. The first kappa shape index (κ1) is 12.6. The third-order valence-corrected chi connectivity index (χ3v) is 2.20. The Morgan fingerprint density at radius 3 is 2.95 bits per heavy atom. The van der Waals surface area contributed by atoms with E-state index in [2.05, 4.69) is 15.3 Å². The molecular weight excluding hydrogens is 250 g/mol. The molecule has 2 rings (SSSR count). The first-order valence-electron chi connectivity index (χ1n) is 5.39. The van der Waals surface area contributed by atoms with E-state index in [1.807, 2.05) is 0 Å². The zero-order valence-corrected chi connectivity index (χ0v) is 9.79. The fraction of sp³-hybridized carbons (Fsp3) is 0.0833. The van der Waals surface area contributed by atoms with Gasteiger partial charge in [-0.3, -0.25) is 4.79 Å². The van der Waals surface area contributed by atoms with Crippen LogP contribution in [0.3, 0.4) is 0 Å². The van der Waals surface area contributed by atoms with E-state index in [0.29, 0.717) is 17.1 Å². The summed E-state index contributed by atoms with van der Waals surface area (Å²) < 4.78 is 5.01. The van der Waals surface area contributed by atoms with Gasteiger partial charge in [-0.25, -0.2) is 9.78 Å². The van der Waals surface area contributed by atoms with Crippen molar-refractivity contribution in [3.63, 3.8) is 0 Å². The van der Waals surface area contributed by atoms with Crippen molar-refractivity contribution < 1.29 is 19.4 Å². The van der Waals surface area contributed by atoms with Crippen LogP contribution >= 0.6 is 0 Å².